The summed E-state index contributed by atoms with van der Waals surface area (Å²) in [5.41, 5.74) is 3.16. The van der Waals surface area contributed by atoms with E-state index in [1.807, 2.05) is 11.8 Å². The van der Waals surface area contributed by atoms with Gasteiger partial charge in [-0.05, 0) is 45.0 Å². The highest BCUT2D eigenvalue weighted by Gasteiger charge is 2.33. The summed E-state index contributed by atoms with van der Waals surface area (Å²) in [7, 11) is 3.71. The van der Waals surface area contributed by atoms with E-state index in [0.29, 0.717) is 12.2 Å². The quantitative estimate of drug-likeness (QED) is 0.777. The van der Waals surface area contributed by atoms with Crippen molar-refractivity contribution in [1.29, 1.82) is 0 Å². The van der Waals surface area contributed by atoms with Crippen LogP contribution >= 0.6 is 0 Å². The molecule has 0 saturated carbocycles. The third-order valence-corrected chi connectivity index (χ3v) is 5.86. The molecular formula is C21H28N6O2. The molecule has 0 spiro atoms. The smallest absolute Gasteiger partial charge is 0.274 e. The lowest BCUT2D eigenvalue weighted by Crippen LogP contribution is -2.44. The van der Waals surface area contributed by atoms with Crippen molar-refractivity contribution in [2.45, 2.75) is 25.8 Å². The first kappa shape index (κ1) is 19.6. The molecule has 0 aliphatic carbocycles. The van der Waals surface area contributed by atoms with Crippen LogP contribution in [0, 0.1) is 6.92 Å². The zero-order chi connectivity index (χ0) is 20.5. The van der Waals surface area contributed by atoms with Crippen LogP contribution in [0.15, 0.2) is 29.1 Å². The minimum absolute atomic E-state index is 0.0624. The fourth-order valence-corrected chi connectivity index (χ4v) is 4.17. The van der Waals surface area contributed by atoms with E-state index in [1.165, 1.54) is 22.5 Å². The summed E-state index contributed by atoms with van der Waals surface area (Å²) in [5.74, 6) is -0.146. The van der Waals surface area contributed by atoms with E-state index in [2.05, 4.69) is 34.1 Å². The highest BCUT2D eigenvalue weighted by Crippen LogP contribution is 2.34. The second kappa shape index (κ2) is 7.94. The molecule has 1 amide bonds. The minimum Gasteiger partial charge on any atom is -0.369 e. The summed E-state index contributed by atoms with van der Waals surface area (Å²) < 4.78 is 1.20. The maximum Gasteiger partial charge on any atom is 0.274 e. The van der Waals surface area contributed by atoms with Crippen molar-refractivity contribution in [3.8, 4) is 0 Å². The lowest BCUT2D eigenvalue weighted by Gasteiger charge is -2.34. The van der Waals surface area contributed by atoms with Crippen molar-refractivity contribution in [2.75, 3.05) is 44.7 Å². The number of aryl methyl sites for hydroxylation is 2. The summed E-state index contributed by atoms with van der Waals surface area (Å²) in [6.07, 6.45) is 1.82. The monoisotopic (exact) mass is 396 g/mol. The number of hydrogen-bond donors (Lipinski definition) is 0. The van der Waals surface area contributed by atoms with Gasteiger partial charge in [0.15, 0.2) is 0 Å². The molecule has 0 radical (unpaired) electrons. The van der Waals surface area contributed by atoms with Gasteiger partial charge in [-0.25, -0.2) is 4.68 Å². The normalized spacial score (nSPS) is 20.3. The molecule has 1 unspecified atom stereocenters. The molecule has 0 aromatic carbocycles. The number of nitrogens with zero attached hydrogens (tertiary/aromatic N) is 6. The second-order valence-corrected chi connectivity index (χ2v) is 8.02. The minimum atomic E-state index is -0.225. The third kappa shape index (κ3) is 4.03. The number of hydrogen-bond acceptors (Lipinski definition) is 6. The molecule has 4 heterocycles. The zero-order valence-corrected chi connectivity index (χ0v) is 17.3. The van der Waals surface area contributed by atoms with Gasteiger partial charge in [0.05, 0.1) is 11.7 Å². The predicted molar refractivity (Wildman–Crippen MR) is 111 cm³/mol. The number of carbonyl (C=O) groups is 1. The van der Waals surface area contributed by atoms with Gasteiger partial charge >= 0.3 is 0 Å². The van der Waals surface area contributed by atoms with Crippen LogP contribution in [0.2, 0.25) is 0 Å². The van der Waals surface area contributed by atoms with Gasteiger partial charge in [-0.15, -0.1) is 0 Å². The molecule has 0 bridgehead atoms. The van der Waals surface area contributed by atoms with Gasteiger partial charge in [0.1, 0.15) is 5.69 Å². The zero-order valence-electron chi connectivity index (χ0n) is 17.3. The number of pyridine rings is 1. The van der Waals surface area contributed by atoms with Gasteiger partial charge in [0, 0.05) is 57.2 Å². The van der Waals surface area contributed by atoms with Gasteiger partial charge in [0.2, 0.25) is 0 Å². The number of amides is 1. The largest absolute Gasteiger partial charge is 0.369 e. The van der Waals surface area contributed by atoms with E-state index in [4.69, 9.17) is 4.98 Å². The highest BCUT2D eigenvalue weighted by molar-refractivity contribution is 5.92. The van der Waals surface area contributed by atoms with Crippen LogP contribution in [-0.2, 0) is 7.05 Å². The lowest BCUT2D eigenvalue weighted by molar-refractivity contribution is 0.0724. The molecule has 2 fully saturated rings. The maximum absolute atomic E-state index is 13.1. The molecule has 2 aromatic heterocycles. The second-order valence-electron chi connectivity index (χ2n) is 8.02. The Kier molecular flexibility index (Phi) is 5.36. The molecule has 2 aliphatic rings. The van der Waals surface area contributed by atoms with E-state index in [9.17, 15) is 9.59 Å². The molecule has 8 nitrogen and oxygen atoms in total. The predicted octanol–water partition coefficient (Wildman–Crippen LogP) is 1.21. The summed E-state index contributed by atoms with van der Waals surface area (Å²) >= 11 is 0. The Hall–Kier alpha value is -2.74. The molecule has 2 aromatic rings. The van der Waals surface area contributed by atoms with E-state index >= 15 is 0 Å². The van der Waals surface area contributed by atoms with Crippen molar-refractivity contribution in [2.24, 2.45) is 7.05 Å². The van der Waals surface area contributed by atoms with Crippen LogP contribution in [-0.4, -0.2) is 70.2 Å². The van der Waals surface area contributed by atoms with E-state index < -0.39 is 0 Å². The highest BCUT2D eigenvalue weighted by atomic mass is 16.2. The average molecular weight is 396 g/mol. The number of likely N-dealkylation sites (tertiary alicyclic amines) is 1. The van der Waals surface area contributed by atoms with E-state index in [0.717, 1.165) is 50.4 Å². The van der Waals surface area contributed by atoms with Crippen LogP contribution in [0.25, 0.3) is 0 Å². The molecule has 154 valence electrons. The number of anilines is 1. The van der Waals surface area contributed by atoms with Gasteiger partial charge in [-0.3, -0.25) is 14.6 Å². The van der Waals surface area contributed by atoms with Crippen molar-refractivity contribution in [1.82, 2.24) is 24.6 Å². The SMILES string of the molecule is Cc1cc(N2CCN(C)CC2)cc(C2CCCN2C(=O)c2ccc(=O)n(C)n2)n1. The topological polar surface area (TPSA) is 74.6 Å². The summed E-state index contributed by atoms with van der Waals surface area (Å²) in [5, 5.41) is 4.14. The van der Waals surface area contributed by atoms with Gasteiger partial charge < -0.3 is 14.7 Å². The number of carbonyl (C=O) groups excluding carboxylic acids is 1. The molecule has 0 N–H and O–H groups in total. The number of piperazine rings is 1. The Bertz CT molecular complexity index is 964. The summed E-state index contributed by atoms with van der Waals surface area (Å²) in [4.78, 5) is 36.1. The summed E-state index contributed by atoms with van der Waals surface area (Å²) in [6.45, 7) is 6.77. The fraction of sp³-hybridized carbons (Fsp3) is 0.524. The van der Waals surface area contributed by atoms with Crippen LogP contribution < -0.4 is 10.5 Å². The number of likely N-dealkylation sites (N-methyl/N-ethyl adjacent to an activating group) is 1. The first-order valence-corrected chi connectivity index (χ1v) is 10.2. The van der Waals surface area contributed by atoms with Crippen molar-refractivity contribution >= 4 is 11.6 Å². The maximum atomic E-state index is 13.1. The van der Waals surface area contributed by atoms with Crippen molar-refractivity contribution < 1.29 is 4.79 Å². The van der Waals surface area contributed by atoms with Crippen LogP contribution in [0.4, 0.5) is 5.69 Å². The Morgan fingerprint density at radius 2 is 1.83 bits per heavy atom. The lowest BCUT2D eigenvalue weighted by atomic mass is 10.1. The molecular weight excluding hydrogens is 368 g/mol. The van der Waals surface area contributed by atoms with Crippen molar-refractivity contribution in [3.05, 3.63) is 51.7 Å². The molecule has 29 heavy (non-hydrogen) atoms. The van der Waals surface area contributed by atoms with Crippen LogP contribution in [0.5, 0.6) is 0 Å². The molecule has 2 aliphatic heterocycles. The average Bonchev–Trinajstić information content (AvgIpc) is 3.19. The van der Waals surface area contributed by atoms with Gasteiger partial charge in [-0.1, -0.05) is 0 Å². The summed E-state index contributed by atoms with van der Waals surface area (Å²) in [6, 6.07) is 7.11. The van der Waals surface area contributed by atoms with Crippen LogP contribution in [0.3, 0.4) is 0 Å². The Morgan fingerprint density at radius 3 is 2.55 bits per heavy atom. The molecule has 4 rings (SSSR count). The fourth-order valence-electron chi connectivity index (χ4n) is 4.17. The Labute approximate surface area is 170 Å². The van der Waals surface area contributed by atoms with Gasteiger partial charge in [0.25, 0.3) is 11.5 Å². The van der Waals surface area contributed by atoms with Crippen LogP contribution in [0.1, 0.15) is 40.8 Å². The van der Waals surface area contributed by atoms with Crippen molar-refractivity contribution in [3.63, 3.8) is 0 Å². The number of rotatable bonds is 3. The Balaban J connectivity index is 1.60. The van der Waals surface area contributed by atoms with Gasteiger partial charge in [-0.2, -0.15) is 5.10 Å². The first-order chi connectivity index (χ1) is 13.9. The van der Waals surface area contributed by atoms with E-state index in [1.54, 1.807) is 7.05 Å². The van der Waals surface area contributed by atoms with E-state index in [-0.39, 0.29) is 17.5 Å². The molecule has 2 saturated heterocycles. The standard InChI is InChI=1S/C21H28N6O2/c1-15-13-16(26-11-9-24(2)10-12-26)14-18(22-15)19-5-4-8-27(19)21(29)17-6-7-20(28)25(3)23-17/h6-7,13-14,19H,4-5,8-12H2,1-3H3. The third-order valence-electron chi connectivity index (χ3n) is 5.86. The first-order valence-electron chi connectivity index (χ1n) is 10.2. The molecule has 1 atom stereocenters. The molecule has 8 heteroatoms. The Morgan fingerprint density at radius 1 is 1.07 bits per heavy atom. The number of aromatic nitrogens is 3.